The summed E-state index contributed by atoms with van der Waals surface area (Å²) in [5.74, 6) is 0.0292. The fourth-order valence-electron chi connectivity index (χ4n) is 3.24. The lowest BCUT2D eigenvalue weighted by Crippen LogP contribution is -2.36. The summed E-state index contributed by atoms with van der Waals surface area (Å²) in [4.78, 5) is 25.0. The maximum atomic E-state index is 12.6. The van der Waals surface area contributed by atoms with E-state index in [-0.39, 0.29) is 23.0 Å². The van der Waals surface area contributed by atoms with Gasteiger partial charge in [-0.1, -0.05) is 11.6 Å². The third kappa shape index (κ3) is 3.68. The van der Waals surface area contributed by atoms with Crippen molar-refractivity contribution in [2.75, 3.05) is 18.0 Å². The Balaban J connectivity index is 1.70. The summed E-state index contributed by atoms with van der Waals surface area (Å²) >= 11 is 5.86. The van der Waals surface area contributed by atoms with Crippen LogP contribution in [0.3, 0.4) is 0 Å². The highest BCUT2D eigenvalue weighted by molar-refractivity contribution is 6.30. The molecule has 0 N–H and O–H groups in total. The molecule has 0 unspecified atom stereocenters. The van der Waals surface area contributed by atoms with E-state index >= 15 is 0 Å². The number of carbonyl (C=O) groups excluding carboxylic acids is 1. The molecule has 0 atom stereocenters. The molecule has 1 aliphatic heterocycles. The number of hydrogen-bond acceptors (Lipinski definition) is 5. The third-order valence-corrected chi connectivity index (χ3v) is 4.90. The normalized spacial score (nSPS) is 14.7. The van der Waals surface area contributed by atoms with Crippen molar-refractivity contribution in [3.8, 4) is 6.07 Å². The van der Waals surface area contributed by atoms with Gasteiger partial charge in [-0.15, -0.1) is 0 Å². The summed E-state index contributed by atoms with van der Waals surface area (Å²) in [6.07, 6.45) is 1.34. The Morgan fingerprint density at radius 3 is 2.42 bits per heavy atom. The van der Waals surface area contributed by atoms with Gasteiger partial charge >= 0.3 is 0 Å². The van der Waals surface area contributed by atoms with Crippen molar-refractivity contribution in [3.05, 3.63) is 68.7 Å². The van der Waals surface area contributed by atoms with E-state index in [4.69, 9.17) is 11.6 Å². The zero-order valence-corrected chi connectivity index (χ0v) is 14.6. The first-order valence-electron chi connectivity index (χ1n) is 8.23. The van der Waals surface area contributed by atoms with Crippen molar-refractivity contribution < 1.29 is 9.72 Å². The van der Waals surface area contributed by atoms with Crippen molar-refractivity contribution in [1.82, 2.24) is 0 Å². The van der Waals surface area contributed by atoms with Crippen molar-refractivity contribution in [3.63, 3.8) is 0 Å². The molecule has 2 aromatic carbocycles. The molecular formula is C19H16ClN3O3. The molecule has 0 aromatic heterocycles. The van der Waals surface area contributed by atoms with Gasteiger partial charge in [-0.2, -0.15) is 5.26 Å². The standard InChI is InChI=1S/C19H16ClN3O3/c20-16-3-1-13(2-4-16)19(24)14-7-9-22(10-8-14)18-6-5-17(23(25)26)11-15(18)12-21/h1-6,11,14H,7-10H2. The summed E-state index contributed by atoms with van der Waals surface area (Å²) in [6.45, 7) is 1.24. The number of non-ortho nitro benzene ring substituents is 1. The van der Waals surface area contributed by atoms with E-state index in [0.29, 0.717) is 42.2 Å². The van der Waals surface area contributed by atoms with Crippen LogP contribution >= 0.6 is 11.6 Å². The van der Waals surface area contributed by atoms with Crippen LogP contribution < -0.4 is 4.90 Å². The highest BCUT2D eigenvalue weighted by Gasteiger charge is 2.27. The first kappa shape index (κ1) is 17.9. The maximum absolute atomic E-state index is 12.6. The summed E-state index contributed by atoms with van der Waals surface area (Å²) < 4.78 is 0. The Morgan fingerprint density at radius 2 is 1.85 bits per heavy atom. The summed E-state index contributed by atoms with van der Waals surface area (Å²) in [7, 11) is 0. The molecule has 0 radical (unpaired) electrons. The Bertz CT molecular complexity index is 882. The summed E-state index contributed by atoms with van der Waals surface area (Å²) in [5.41, 5.74) is 1.51. The third-order valence-electron chi connectivity index (χ3n) is 4.65. The van der Waals surface area contributed by atoms with Crippen LogP contribution in [0.25, 0.3) is 0 Å². The van der Waals surface area contributed by atoms with E-state index < -0.39 is 4.92 Å². The largest absolute Gasteiger partial charge is 0.370 e. The fraction of sp³-hybridized carbons (Fsp3) is 0.263. The number of rotatable bonds is 4. The van der Waals surface area contributed by atoms with Crippen LogP contribution in [0.5, 0.6) is 0 Å². The topological polar surface area (TPSA) is 87.2 Å². The minimum atomic E-state index is -0.512. The van der Waals surface area contributed by atoms with Gasteiger partial charge in [0, 0.05) is 41.7 Å². The predicted octanol–water partition coefficient (Wildman–Crippen LogP) is 4.22. The summed E-state index contributed by atoms with van der Waals surface area (Å²) in [6, 6.07) is 13.2. The number of nitro benzene ring substituents is 1. The minimum Gasteiger partial charge on any atom is -0.370 e. The SMILES string of the molecule is N#Cc1cc([N+](=O)[O-])ccc1N1CCC(C(=O)c2ccc(Cl)cc2)CC1. The number of nitriles is 1. The molecule has 0 saturated carbocycles. The highest BCUT2D eigenvalue weighted by Crippen LogP contribution is 2.30. The van der Waals surface area contributed by atoms with E-state index in [1.165, 1.54) is 12.1 Å². The summed E-state index contributed by atoms with van der Waals surface area (Å²) in [5, 5.41) is 20.8. The number of carbonyl (C=O) groups is 1. The average Bonchev–Trinajstić information content (AvgIpc) is 2.67. The van der Waals surface area contributed by atoms with Gasteiger partial charge in [-0.05, 0) is 43.2 Å². The number of hydrogen-bond donors (Lipinski definition) is 0. The molecule has 6 nitrogen and oxygen atoms in total. The lowest BCUT2D eigenvalue weighted by molar-refractivity contribution is -0.384. The van der Waals surface area contributed by atoms with Crippen LogP contribution in [-0.2, 0) is 0 Å². The molecule has 1 aliphatic rings. The number of nitro groups is 1. The van der Waals surface area contributed by atoms with Crippen LogP contribution in [-0.4, -0.2) is 23.8 Å². The minimum absolute atomic E-state index is 0.0731. The van der Waals surface area contributed by atoms with Crippen LogP contribution in [0, 0.1) is 27.4 Å². The number of nitrogens with zero attached hydrogens (tertiary/aromatic N) is 3. The van der Waals surface area contributed by atoms with Gasteiger partial charge < -0.3 is 4.90 Å². The second-order valence-electron chi connectivity index (χ2n) is 6.20. The molecule has 0 bridgehead atoms. The average molecular weight is 370 g/mol. The predicted molar refractivity (Wildman–Crippen MR) is 98.5 cm³/mol. The molecule has 1 fully saturated rings. The zero-order valence-electron chi connectivity index (χ0n) is 13.9. The van der Waals surface area contributed by atoms with Crippen LogP contribution in [0.4, 0.5) is 11.4 Å². The molecule has 0 amide bonds. The lowest BCUT2D eigenvalue weighted by atomic mass is 9.88. The molecule has 2 aromatic rings. The van der Waals surface area contributed by atoms with Gasteiger partial charge in [0.25, 0.3) is 5.69 Å². The molecule has 1 heterocycles. The number of anilines is 1. The second kappa shape index (κ2) is 7.54. The Morgan fingerprint density at radius 1 is 1.19 bits per heavy atom. The van der Waals surface area contributed by atoms with Gasteiger partial charge in [0.1, 0.15) is 6.07 Å². The quantitative estimate of drug-likeness (QED) is 0.457. The zero-order chi connectivity index (χ0) is 18.7. The Labute approximate surface area is 155 Å². The molecule has 0 spiro atoms. The van der Waals surface area contributed by atoms with Crippen molar-refractivity contribution in [2.24, 2.45) is 5.92 Å². The second-order valence-corrected chi connectivity index (χ2v) is 6.64. The monoisotopic (exact) mass is 369 g/mol. The molecule has 3 rings (SSSR count). The van der Waals surface area contributed by atoms with Gasteiger partial charge in [0.2, 0.25) is 0 Å². The van der Waals surface area contributed by atoms with Crippen LogP contribution in [0.1, 0.15) is 28.8 Å². The number of halogens is 1. The Hall–Kier alpha value is -2.91. The van der Waals surface area contributed by atoms with Gasteiger partial charge in [-0.25, -0.2) is 0 Å². The van der Waals surface area contributed by atoms with E-state index in [1.54, 1.807) is 30.3 Å². The number of Topliss-reactive ketones (excluding diaryl/α,β-unsaturated/α-hetero) is 1. The van der Waals surface area contributed by atoms with Gasteiger partial charge in [0.05, 0.1) is 16.2 Å². The fourth-order valence-corrected chi connectivity index (χ4v) is 3.36. The number of piperidine rings is 1. The van der Waals surface area contributed by atoms with Gasteiger partial charge in [-0.3, -0.25) is 14.9 Å². The first-order valence-corrected chi connectivity index (χ1v) is 8.60. The molecule has 132 valence electrons. The maximum Gasteiger partial charge on any atom is 0.270 e. The first-order chi connectivity index (χ1) is 12.5. The molecule has 0 aliphatic carbocycles. The molecule has 7 heteroatoms. The van der Waals surface area contributed by atoms with Crippen molar-refractivity contribution in [1.29, 1.82) is 5.26 Å². The number of ketones is 1. The van der Waals surface area contributed by atoms with Crippen LogP contribution in [0.2, 0.25) is 5.02 Å². The number of benzene rings is 2. The van der Waals surface area contributed by atoms with Crippen LogP contribution in [0.15, 0.2) is 42.5 Å². The van der Waals surface area contributed by atoms with E-state index in [1.807, 2.05) is 11.0 Å². The van der Waals surface area contributed by atoms with Gasteiger partial charge in [0.15, 0.2) is 5.78 Å². The molecular weight excluding hydrogens is 354 g/mol. The van der Waals surface area contributed by atoms with E-state index in [2.05, 4.69) is 0 Å². The Kier molecular flexibility index (Phi) is 5.19. The smallest absolute Gasteiger partial charge is 0.270 e. The van der Waals surface area contributed by atoms with Crippen molar-refractivity contribution >= 4 is 28.8 Å². The molecule has 26 heavy (non-hydrogen) atoms. The lowest BCUT2D eigenvalue weighted by Gasteiger charge is -2.33. The van der Waals surface area contributed by atoms with E-state index in [9.17, 15) is 20.2 Å². The van der Waals surface area contributed by atoms with E-state index in [0.717, 1.165) is 0 Å². The molecule has 1 saturated heterocycles. The van der Waals surface area contributed by atoms with Crippen molar-refractivity contribution in [2.45, 2.75) is 12.8 Å². The highest BCUT2D eigenvalue weighted by atomic mass is 35.5.